The largest absolute Gasteiger partial charge is 0.377 e. The van der Waals surface area contributed by atoms with Gasteiger partial charge in [-0.3, -0.25) is 0 Å². The van der Waals surface area contributed by atoms with Crippen LogP contribution in [0.2, 0.25) is 0 Å². The fourth-order valence-corrected chi connectivity index (χ4v) is 1.27. The first kappa shape index (κ1) is 13.9. The molecule has 0 aromatic carbocycles. The third-order valence-electron chi connectivity index (χ3n) is 2.79. The summed E-state index contributed by atoms with van der Waals surface area (Å²) >= 11 is 0. The quantitative estimate of drug-likeness (QED) is 0.677. The summed E-state index contributed by atoms with van der Waals surface area (Å²) < 4.78 is 5.50. The van der Waals surface area contributed by atoms with Gasteiger partial charge in [-0.05, 0) is 40.3 Å². The number of likely N-dealkylation sites (N-methyl/N-ethyl adjacent to an activating group) is 1. The second kappa shape index (κ2) is 7.21. The lowest BCUT2D eigenvalue weighted by Crippen LogP contribution is -2.39. The number of hydrogen-bond donors (Lipinski definition) is 1. The summed E-state index contributed by atoms with van der Waals surface area (Å²) in [4.78, 5) is 2.31. The fourth-order valence-electron chi connectivity index (χ4n) is 1.27. The minimum absolute atomic E-state index is 0.325. The molecule has 0 heterocycles. The molecule has 0 aromatic heterocycles. The van der Waals surface area contributed by atoms with Gasteiger partial charge in [-0.15, -0.1) is 0 Å². The second-order valence-electron chi connectivity index (χ2n) is 4.35. The SMILES string of the molecule is CC(C)OCCN(C)C(C)C(C)CN. The van der Waals surface area contributed by atoms with E-state index in [-0.39, 0.29) is 0 Å². The molecule has 0 spiro atoms. The molecule has 14 heavy (non-hydrogen) atoms. The van der Waals surface area contributed by atoms with Crippen LogP contribution < -0.4 is 5.73 Å². The van der Waals surface area contributed by atoms with E-state index in [1.54, 1.807) is 0 Å². The maximum atomic E-state index is 5.63. The maximum absolute atomic E-state index is 5.63. The number of hydrogen-bond acceptors (Lipinski definition) is 3. The van der Waals surface area contributed by atoms with Crippen molar-refractivity contribution in [3.05, 3.63) is 0 Å². The Morgan fingerprint density at radius 1 is 1.21 bits per heavy atom. The van der Waals surface area contributed by atoms with E-state index in [4.69, 9.17) is 10.5 Å². The predicted octanol–water partition coefficient (Wildman–Crippen LogP) is 1.33. The highest BCUT2D eigenvalue weighted by Gasteiger charge is 2.15. The normalized spacial score (nSPS) is 16.3. The average molecular weight is 202 g/mol. The molecule has 0 bridgehead atoms. The molecule has 0 saturated carbocycles. The third-order valence-corrected chi connectivity index (χ3v) is 2.79. The molecule has 3 nitrogen and oxygen atoms in total. The van der Waals surface area contributed by atoms with Crippen molar-refractivity contribution in [2.24, 2.45) is 11.7 Å². The first-order valence-corrected chi connectivity index (χ1v) is 5.51. The second-order valence-corrected chi connectivity index (χ2v) is 4.35. The molecule has 3 heteroatoms. The van der Waals surface area contributed by atoms with Crippen LogP contribution in [0.1, 0.15) is 27.7 Å². The molecule has 0 aliphatic rings. The molecule has 0 saturated heterocycles. The van der Waals surface area contributed by atoms with Gasteiger partial charge in [0, 0.05) is 12.6 Å². The topological polar surface area (TPSA) is 38.5 Å². The van der Waals surface area contributed by atoms with Crippen molar-refractivity contribution in [3.63, 3.8) is 0 Å². The van der Waals surface area contributed by atoms with Crippen LogP contribution >= 0.6 is 0 Å². The molecular weight excluding hydrogens is 176 g/mol. The van der Waals surface area contributed by atoms with E-state index in [0.717, 1.165) is 19.7 Å². The van der Waals surface area contributed by atoms with Crippen molar-refractivity contribution < 1.29 is 4.74 Å². The Labute approximate surface area is 88.6 Å². The Morgan fingerprint density at radius 3 is 2.21 bits per heavy atom. The van der Waals surface area contributed by atoms with Gasteiger partial charge in [0.15, 0.2) is 0 Å². The van der Waals surface area contributed by atoms with Gasteiger partial charge in [-0.1, -0.05) is 6.92 Å². The Morgan fingerprint density at radius 2 is 1.79 bits per heavy atom. The van der Waals surface area contributed by atoms with Crippen molar-refractivity contribution in [1.29, 1.82) is 0 Å². The van der Waals surface area contributed by atoms with E-state index in [2.05, 4.69) is 39.6 Å². The molecular formula is C11H26N2O. The zero-order valence-electron chi connectivity index (χ0n) is 10.3. The molecule has 0 aromatic rings. The number of nitrogens with zero attached hydrogens (tertiary/aromatic N) is 1. The van der Waals surface area contributed by atoms with Crippen molar-refractivity contribution in [2.75, 3.05) is 26.7 Å². The van der Waals surface area contributed by atoms with Crippen LogP contribution in [0.15, 0.2) is 0 Å². The molecule has 0 aliphatic carbocycles. The van der Waals surface area contributed by atoms with Crippen LogP contribution in [-0.4, -0.2) is 43.8 Å². The Balaban J connectivity index is 3.67. The van der Waals surface area contributed by atoms with E-state index in [9.17, 15) is 0 Å². The lowest BCUT2D eigenvalue weighted by Gasteiger charge is -2.29. The van der Waals surface area contributed by atoms with Gasteiger partial charge in [0.1, 0.15) is 0 Å². The van der Waals surface area contributed by atoms with Crippen LogP contribution in [0.3, 0.4) is 0 Å². The Hall–Kier alpha value is -0.120. The van der Waals surface area contributed by atoms with Gasteiger partial charge in [-0.2, -0.15) is 0 Å². The smallest absolute Gasteiger partial charge is 0.0596 e. The highest BCUT2D eigenvalue weighted by Crippen LogP contribution is 2.07. The number of rotatable bonds is 7. The van der Waals surface area contributed by atoms with Gasteiger partial charge < -0.3 is 15.4 Å². The number of nitrogens with two attached hydrogens (primary N) is 1. The van der Waals surface area contributed by atoms with E-state index in [1.807, 2.05) is 0 Å². The maximum Gasteiger partial charge on any atom is 0.0596 e. The first-order valence-electron chi connectivity index (χ1n) is 5.51. The van der Waals surface area contributed by atoms with Crippen LogP contribution in [0, 0.1) is 5.92 Å². The van der Waals surface area contributed by atoms with E-state index in [0.29, 0.717) is 18.1 Å². The van der Waals surface area contributed by atoms with E-state index >= 15 is 0 Å². The summed E-state index contributed by atoms with van der Waals surface area (Å²) in [5.41, 5.74) is 5.63. The molecule has 0 radical (unpaired) electrons. The van der Waals surface area contributed by atoms with Gasteiger partial charge in [0.25, 0.3) is 0 Å². The zero-order chi connectivity index (χ0) is 11.1. The summed E-state index contributed by atoms with van der Waals surface area (Å²) in [5, 5.41) is 0. The zero-order valence-corrected chi connectivity index (χ0v) is 10.3. The van der Waals surface area contributed by atoms with Crippen molar-refractivity contribution in [1.82, 2.24) is 4.90 Å². The molecule has 86 valence electrons. The molecule has 2 N–H and O–H groups in total. The van der Waals surface area contributed by atoms with Crippen molar-refractivity contribution >= 4 is 0 Å². The number of ether oxygens (including phenoxy) is 1. The monoisotopic (exact) mass is 202 g/mol. The molecule has 0 fully saturated rings. The molecule has 0 rings (SSSR count). The summed E-state index contributed by atoms with van der Waals surface area (Å²) in [7, 11) is 2.13. The van der Waals surface area contributed by atoms with Crippen molar-refractivity contribution in [2.45, 2.75) is 39.8 Å². The van der Waals surface area contributed by atoms with Crippen LogP contribution in [0.25, 0.3) is 0 Å². The van der Waals surface area contributed by atoms with E-state index in [1.165, 1.54) is 0 Å². The van der Waals surface area contributed by atoms with Crippen LogP contribution in [0.4, 0.5) is 0 Å². The van der Waals surface area contributed by atoms with Crippen LogP contribution in [-0.2, 0) is 4.74 Å². The van der Waals surface area contributed by atoms with Gasteiger partial charge in [0.2, 0.25) is 0 Å². The fraction of sp³-hybridized carbons (Fsp3) is 1.00. The van der Waals surface area contributed by atoms with E-state index < -0.39 is 0 Å². The highest BCUT2D eigenvalue weighted by molar-refractivity contribution is 4.70. The highest BCUT2D eigenvalue weighted by atomic mass is 16.5. The lowest BCUT2D eigenvalue weighted by molar-refractivity contribution is 0.0524. The van der Waals surface area contributed by atoms with Crippen molar-refractivity contribution in [3.8, 4) is 0 Å². The molecule has 0 amide bonds. The summed E-state index contributed by atoms with van der Waals surface area (Å²) in [5.74, 6) is 0.541. The predicted molar refractivity (Wildman–Crippen MR) is 61.4 cm³/mol. The Bertz CT molecular complexity index is 139. The minimum Gasteiger partial charge on any atom is -0.377 e. The Kier molecular flexibility index (Phi) is 7.15. The first-order chi connectivity index (χ1) is 6.49. The summed E-state index contributed by atoms with van der Waals surface area (Å²) in [6.07, 6.45) is 0.325. The molecule has 2 atom stereocenters. The standard InChI is InChI=1S/C11H26N2O/c1-9(2)14-7-6-13(5)11(4)10(3)8-12/h9-11H,6-8,12H2,1-5H3. The van der Waals surface area contributed by atoms with Gasteiger partial charge >= 0.3 is 0 Å². The average Bonchev–Trinajstić information content (AvgIpc) is 2.14. The summed E-state index contributed by atoms with van der Waals surface area (Å²) in [6.45, 7) is 11.0. The lowest BCUT2D eigenvalue weighted by atomic mass is 10.0. The van der Waals surface area contributed by atoms with Gasteiger partial charge in [-0.25, -0.2) is 0 Å². The van der Waals surface area contributed by atoms with Crippen LogP contribution in [0.5, 0.6) is 0 Å². The molecule has 2 unspecified atom stereocenters. The third kappa shape index (κ3) is 5.58. The molecule has 0 aliphatic heterocycles. The summed E-state index contributed by atoms with van der Waals surface area (Å²) in [6, 6.07) is 0.524. The van der Waals surface area contributed by atoms with Gasteiger partial charge in [0.05, 0.1) is 12.7 Å². The minimum atomic E-state index is 0.325.